The maximum Gasteiger partial charge on any atom is 0.200 e. The number of halogens is 5. The van der Waals surface area contributed by atoms with E-state index in [-0.39, 0.29) is 11.3 Å². The molecule has 0 bridgehead atoms. The molecule has 0 aliphatic carbocycles. The van der Waals surface area contributed by atoms with Crippen LogP contribution < -0.4 is 11.1 Å². The van der Waals surface area contributed by atoms with Crippen LogP contribution in [0, 0.1) is 40.4 Å². The number of pyridine rings is 1. The third kappa shape index (κ3) is 2.43. The van der Waals surface area contributed by atoms with Gasteiger partial charge in [0.25, 0.3) is 0 Å². The fraction of sp³-hybridized carbons (Fsp3) is 0. The van der Waals surface area contributed by atoms with Crippen molar-refractivity contribution < 1.29 is 22.0 Å². The number of benzene rings is 1. The molecule has 0 saturated carbocycles. The van der Waals surface area contributed by atoms with Crippen molar-refractivity contribution in [1.82, 2.24) is 4.98 Å². The van der Waals surface area contributed by atoms with E-state index in [0.29, 0.717) is 0 Å². The number of hydrogen-bond acceptors (Lipinski definition) is 4. The highest BCUT2D eigenvalue weighted by Crippen LogP contribution is 2.30. The van der Waals surface area contributed by atoms with Gasteiger partial charge in [-0.15, -0.1) is 0 Å². The summed E-state index contributed by atoms with van der Waals surface area (Å²) in [6.45, 7) is 0. The average molecular weight is 300 g/mol. The number of nitrogens with two attached hydrogens (primary N) is 1. The lowest BCUT2D eigenvalue weighted by molar-refractivity contribution is 0.382. The summed E-state index contributed by atoms with van der Waals surface area (Å²) in [5, 5.41) is 10.7. The molecule has 2 rings (SSSR count). The molecule has 1 aromatic carbocycles. The van der Waals surface area contributed by atoms with Crippen LogP contribution >= 0.6 is 0 Å². The topological polar surface area (TPSA) is 74.7 Å². The van der Waals surface area contributed by atoms with Gasteiger partial charge in [0.15, 0.2) is 23.3 Å². The molecule has 0 saturated heterocycles. The average Bonchev–Trinajstić information content (AvgIpc) is 2.48. The second kappa shape index (κ2) is 5.24. The Morgan fingerprint density at radius 3 is 2.05 bits per heavy atom. The zero-order valence-corrected chi connectivity index (χ0v) is 10.0. The fourth-order valence-corrected chi connectivity index (χ4v) is 1.50. The quantitative estimate of drug-likeness (QED) is 0.508. The SMILES string of the molecule is N#Cc1cc(N)cnc1Nc1c(F)c(F)c(F)c(F)c1F. The van der Waals surface area contributed by atoms with Crippen molar-refractivity contribution in [3.05, 3.63) is 46.9 Å². The van der Waals surface area contributed by atoms with Crippen LogP contribution in [0.4, 0.5) is 39.1 Å². The van der Waals surface area contributed by atoms with Crippen molar-refractivity contribution in [2.75, 3.05) is 11.1 Å². The molecule has 2 aromatic rings. The van der Waals surface area contributed by atoms with E-state index >= 15 is 0 Å². The minimum Gasteiger partial charge on any atom is -0.397 e. The van der Waals surface area contributed by atoms with Crippen LogP contribution in [0.25, 0.3) is 0 Å². The van der Waals surface area contributed by atoms with E-state index < -0.39 is 40.6 Å². The zero-order valence-electron chi connectivity index (χ0n) is 10.0. The first-order valence-corrected chi connectivity index (χ1v) is 5.31. The summed E-state index contributed by atoms with van der Waals surface area (Å²) in [5.74, 6) is -11.0. The summed E-state index contributed by atoms with van der Waals surface area (Å²) in [6.07, 6.45) is 1.05. The van der Waals surface area contributed by atoms with Crippen LogP contribution in [0.5, 0.6) is 0 Å². The zero-order chi connectivity index (χ0) is 15.7. The summed E-state index contributed by atoms with van der Waals surface area (Å²) in [5.41, 5.74) is 3.93. The van der Waals surface area contributed by atoms with Crippen molar-refractivity contribution in [3.8, 4) is 6.07 Å². The third-order valence-corrected chi connectivity index (χ3v) is 2.48. The predicted molar refractivity (Wildman–Crippen MR) is 62.9 cm³/mol. The molecule has 3 N–H and O–H groups in total. The van der Waals surface area contributed by atoms with Crippen molar-refractivity contribution >= 4 is 17.2 Å². The molecular weight excluding hydrogens is 295 g/mol. The summed E-state index contributed by atoms with van der Waals surface area (Å²) in [7, 11) is 0. The molecule has 0 aliphatic heterocycles. The highest BCUT2D eigenvalue weighted by Gasteiger charge is 2.26. The highest BCUT2D eigenvalue weighted by molar-refractivity contribution is 5.66. The molecule has 0 aliphatic rings. The number of aromatic nitrogens is 1. The molecule has 1 aromatic heterocycles. The first-order valence-electron chi connectivity index (χ1n) is 5.31. The van der Waals surface area contributed by atoms with Crippen molar-refractivity contribution in [2.45, 2.75) is 0 Å². The van der Waals surface area contributed by atoms with Gasteiger partial charge in [-0.25, -0.2) is 26.9 Å². The Balaban J connectivity index is 2.58. The van der Waals surface area contributed by atoms with Gasteiger partial charge in [-0.3, -0.25) is 0 Å². The highest BCUT2D eigenvalue weighted by atomic mass is 19.2. The summed E-state index contributed by atoms with van der Waals surface area (Å²) in [4.78, 5) is 3.58. The van der Waals surface area contributed by atoms with E-state index in [9.17, 15) is 22.0 Å². The van der Waals surface area contributed by atoms with Gasteiger partial charge in [-0.05, 0) is 6.07 Å². The largest absolute Gasteiger partial charge is 0.397 e. The van der Waals surface area contributed by atoms with Crippen molar-refractivity contribution in [3.63, 3.8) is 0 Å². The third-order valence-electron chi connectivity index (χ3n) is 2.48. The molecule has 0 spiro atoms. The molecule has 0 amide bonds. The van der Waals surface area contributed by atoms with Gasteiger partial charge in [0.05, 0.1) is 17.4 Å². The first kappa shape index (κ1) is 14.5. The van der Waals surface area contributed by atoms with E-state index in [1.54, 1.807) is 6.07 Å². The standard InChI is InChI=1S/C12H5F5N4/c13-6-7(14)9(16)11(10(17)8(6)15)21-12-4(2-18)1-5(19)3-20-12/h1,3H,19H2,(H,20,21). The lowest BCUT2D eigenvalue weighted by Crippen LogP contribution is -2.08. The van der Waals surface area contributed by atoms with E-state index in [0.717, 1.165) is 12.3 Å². The van der Waals surface area contributed by atoms with E-state index in [1.165, 1.54) is 0 Å². The monoisotopic (exact) mass is 300 g/mol. The van der Waals surface area contributed by atoms with Crippen LogP contribution in [0.15, 0.2) is 12.3 Å². The Labute approximate surface area is 114 Å². The van der Waals surface area contributed by atoms with Gasteiger partial charge in [-0.1, -0.05) is 0 Å². The molecule has 0 radical (unpaired) electrons. The molecule has 9 heteroatoms. The van der Waals surface area contributed by atoms with E-state index in [2.05, 4.69) is 4.98 Å². The van der Waals surface area contributed by atoms with Crippen LogP contribution in [0.1, 0.15) is 5.56 Å². The molecule has 0 unspecified atom stereocenters. The molecule has 4 nitrogen and oxygen atoms in total. The summed E-state index contributed by atoms with van der Waals surface area (Å²) >= 11 is 0. The Kier molecular flexibility index (Phi) is 3.62. The molecular formula is C12H5F5N4. The summed E-state index contributed by atoms with van der Waals surface area (Å²) < 4.78 is 66.0. The van der Waals surface area contributed by atoms with Gasteiger partial charge >= 0.3 is 0 Å². The Morgan fingerprint density at radius 2 is 1.52 bits per heavy atom. The number of nitriles is 1. The van der Waals surface area contributed by atoms with Crippen LogP contribution in [-0.4, -0.2) is 4.98 Å². The van der Waals surface area contributed by atoms with Gasteiger partial charge in [0, 0.05) is 0 Å². The van der Waals surface area contributed by atoms with Crippen LogP contribution in [0.2, 0.25) is 0 Å². The first-order chi connectivity index (χ1) is 9.86. The lowest BCUT2D eigenvalue weighted by Gasteiger charge is -2.11. The van der Waals surface area contributed by atoms with Crippen LogP contribution in [0.3, 0.4) is 0 Å². The summed E-state index contributed by atoms with van der Waals surface area (Å²) in [6, 6.07) is 2.75. The Morgan fingerprint density at radius 1 is 1.00 bits per heavy atom. The smallest absolute Gasteiger partial charge is 0.200 e. The van der Waals surface area contributed by atoms with Gasteiger partial charge in [0.1, 0.15) is 17.6 Å². The second-order valence-electron chi connectivity index (χ2n) is 3.85. The van der Waals surface area contributed by atoms with Crippen molar-refractivity contribution in [2.24, 2.45) is 0 Å². The maximum absolute atomic E-state index is 13.5. The predicted octanol–water partition coefficient (Wildman–Crippen LogP) is 2.97. The van der Waals surface area contributed by atoms with Gasteiger partial charge in [-0.2, -0.15) is 5.26 Å². The maximum atomic E-state index is 13.5. The van der Waals surface area contributed by atoms with Gasteiger partial charge in [0.2, 0.25) is 5.82 Å². The number of nitrogen functional groups attached to an aromatic ring is 1. The normalized spacial score (nSPS) is 10.3. The minimum absolute atomic E-state index is 0.0921. The van der Waals surface area contributed by atoms with Crippen molar-refractivity contribution in [1.29, 1.82) is 5.26 Å². The second-order valence-corrected chi connectivity index (χ2v) is 3.85. The van der Waals surface area contributed by atoms with Gasteiger partial charge < -0.3 is 11.1 Å². The molecule has 0 atom stereocenters. The van der Waals surface area contributed by atoms with E-state index in [1.807, 2.05) is 5.32 Å². The number of nitrogens with one attached hydrogen (secondary N) is 1. The Hall–Kier alpha value is -2.89. The number of hydrogen-bond donors (Lipinski definition) is 2. The number of nitrogens with zero attached hydrogens (tertiary/aromatic N) is 2. The minimum atomic E-state index is -2.28. The molecule has 21 heavy (non-hydrogen) atoms. The Bertz CT molecular complexity index is 740. The van der Waals surface area contributed by atoms with Crippen LogP contribution in [-0.2, 0) is 0 Å². The molecule has 1 heterocycles. The number of anilines is 3. The molecule has 108 valence electrons. The lowest BCUT2D eigenvalue weighted by atomic mass is 10.2. The fourth-order valence-electron chi connectivity index (χ4n) is 1.50. The van der Waals surface area contributed by atoms with E-state index in [4.69, 9.17) is 11.0 Å². The number of rotatable bonds is 2. The molecule has 0 fully saturated rings.